The molecular weight excluding hydrogens is 390 g/mol. The standard InChI is InChI=1S/C26H29NO4/c28-24(19-6-2-1-3-7-19)20-10-14-27(15-11-20)25(29)26(12-4-5-13-26)21-8-9-22-23(18-21)31-17-16-30-22/h1-3,6-9,18,20H,4-5,10-17H2. The number of carbonyl (C=O) groups excluding carboxylic acids is 2. The van der Waals surface area contributed by atoms with E-state index in [-0.39, 0.29) is 17.6 Å². The lowest BCUT2D eigenvalue weighted by Gasteiger charge is -2.39. The Balaban J connectivity index is 1.32. The molecule has 0 spiro atoms. The topological polar surface area (TPSA) is 55.8 Å². The fourth-order valence-corrected chi connectivity index (χ4v) is 5.43. The van der Waals surface area contributed by atoms with Gasteiger partial charge in [0.15, 0.2) is 17.3 Å². The molecule has 0 radical (unpaired) electrons. The van der Waals surface area contributed by atoms with Gasteiger partial charge in [0, 0.05) is 24.6 Å². The fraction of sp³-hybridized carbons (Fsp3) is 0.462. The van der Waals surface area contributed by atoms with Crippen LogP contribution in [0.5, 0.6) is 11.5 Å². The Morgan fingerprint density at radius 2 is 1.55 bits per heavy atom. The zero-order chi connectivity index (χ0) is 21.3. The minimum Gasteiger partial charge on any atom is -0.486 e. The maximum atomic E-state index is 13.8. The van der Waals surface area contributed by atoms with Crippen LogP contribution in [0.1, 0.15) is 54.4 Å². The molecule has 1 amide bonds. The van der Waals surface area contributed by atoms with E-state index in [0.29, 0.717) is 26.3 Å². The van der Waals surface area contributed by atoms with Crippen molar-refractivity contribution in [3.8, 4) is 11.5 Å². The summed E-state index contributed by atoms with van der Waals surface area (Å²) in [6.07, 6.45) is 5.32. The summed E-state index contributed by atoms with van der Waals surface area (Å²) >= 11 is 0. The minimum atomic E-state index is -0.480. The van der Waals surface area contributed by atoms with Crippen LogP contribution in [0, 0.1) is 5.92 Å². The van der Waals surface area contributed by atoms with Crippen molar-refractivity contribution in [3.05, 3.63) is 59.7 Å². The number of fused-ring (bicyclic) bond motifs is 1. The first kappa shape index (κ1) is 20.1. The second-order valence-corrected chi connectivity index (χ2v) is 8.94. The Labute approximate surface area is 183 Å². The molecule has 2 aromatic rings. The lowest BCUT2D eigenvalue weighted by Crippen LogP contribution is -2.49. The van der Waals surface area contributed by atoms with E-state index in [9.17, 15) is 9.59 Å². The van der Waals surface area contributed by atoms with Crippen LogP contribution in [0.25, 0.3) is 0 Å². The van der Waals surface area contributed by atoms with E-state index in [4.69, 9.17) is 9.47 Å². The van der Waals surface area contributed by atoms with Gasteiger partial charge < -0.3 is 14.4 Å². The normalized spacial score (nSPS) is 20.5. The first-order valence-corrected chi connectivity index (χ1v) is 11.5. The van der Waals surface area contributed by atoms with E-state index in [1.807, 2.05) is 53.4 Å². The maximum Gasteiger partial charge on any atom is 0.233 e. The van der Waals surface area contributed by atoms with Crippen LogP contribution in [0.3, 0.4) is 0 Å². The molecule has 31 heavy (non-hydrogen) atoms. The van der Waals surface area contributed by atoms with Gasteiger partial charge in [0.2, 0.25) is 5.91 Å². The van der Waals surface area contributed by atoms with Crippen LogP contribution in [0.2, 0.25) is 0 Å². The molecule has 2 aromatic carbocycles. The van der Waals surface area contributed by atoms with Crippen molar-refractivity contribution in [2.45, 2.75) is 43.9 Å². The van der Waals surface area contributed by atoms with Crippen molar-refractivity contribution in [2.24, 2.45) is 5.92 Å². The van der Waals surface area contributed by atoms with Gasteiger partial charge in [-0.1, -0.05) is 49.2 Å². The SMILES string of the molecule is O=C(c1ccccc1)C1CCN(C(=O)C2(c3ccc4c(c3)OCCO4)CCCC2)CC1. The molecular formula is C26H29NO4. The number of amides is 1. The average Bonchev–Trinajstić information content (AvgIpc) is 3.35. The molecule has 162 valence electrons. The second-order valence-electron chi connectivity index (χ2n) is 8.94. The second kappa shape index (κ2) is 8.37. The van der Waals surface area contributed by atoms with Gasteiger partial charge in [-0.15, -0.1) is 0 Å². The fourth-order valence-electron chi connectivity index (χ4n) is 5.43. The Morgan fingerprint density at radius 1 is 0.871 bits per heavy atom. The van der Waals surface area contributed by atoms with Crippen molar-refractivity contribution in [3.63, 3.8) is 0 Å². The molecule has 0 atom stereocenters. The van der Waals surface area contributed by atoms with E-state index < -0.39 is 5.41 Å². The average molecular weight is 420 g/mol. The Morgan fingerprint density at radius 3 is 2.26 bits per heavy atom. The summed E-state index contributed by atoms with van der Waals surface area (Å²) in [6, 6.07) is 15.5. The molecule has 1 saturated heterocycles. The third-order valence-electron chi connectivity index (χ3n) is 7.17. The Hall–Kier alpha value is -2.82. The highest BCUT2D eigenvalue weighted by Gasteiger charge is 2.46. The van der Waals surface area contributed by atoms with E-state index >= 15 is 0 Å². The largest absolute Gasteiger partial charge is 0.486 e. The molecule has 2 aliphatic heterocycles. The molecule has 2 fully saturated rings. The van der Waals surface area contributed by atoms with Gasteiger partial charge in [-0.2, -0.15) is 0 Å². The number of hydrogen-bond donors (Lipinski definition) is 0. The van der Waals surface area contributed by atoms with Gasteiger partial charge in [-0.3, -0.25) is 9.59 Å². The van der Waals surface area contributed by atoms with Crippen molar-refractivity contribution >= 4 is 11.7 Å². The van der Waals surface area contributed by atoms with E-state index in [2.05, 4.69) is 0 Å². The summed E-state index contributed by atoms with van der Waals surface area (Å²) < 4.78 is 11.5. The number of ether oxygens (including phenoxy) is 2. The third kappa shape index (κ3) is 3.71. The molecule has 1 saturated carbocycles. The Kier molecular flexibility index (Phi) is 5.43. The smallest absolute Gasteiger partial charge is 0.233 e. The van der Waals surface area contributed by atoms with E-state index in [1.54, 1.807) is 0 Å². The molecule has 0 aromatic heterocycles. The van der Waals surface area contributed by atoms with Crippen LogP contribution in [0.15, 0.2) is 48.5 Å². The van der Waals surface area contributed by atoms with Crippen LogP contribution >= 0.6 is 0 Å². The number of hydrogen-bond acceptors (Lipinski definition) is 4. The van der Waals surface area contributed by atoms with Crippen molar-refractivity contribution < 1.29 is 19.1 Å². The summed E-state index contributed by atoms with van der Waals surface area (Å²) in [4.78, 5) is 28.6. The lowest BCUT2D eigenvalue weighted by atomic mass is 9.76. The quantitative estimate of drug-likeness (QED) is 0.690. The molecule has 5 nitrogen and oxygen atoms in total. The van der Waals surface area contributed by atoms with Gasteiger partial charge in [0.25, 0.3) is 0 Å². The number of rotatable bonds is 4. The summed E-state index contributed by atoms with van der Waals surface area (Å²) in [5.41, 5.74) is 1.34. The van der Waals surface area contributed by atoms with Gasteiger partial charge in [0.1, 0.15) is 13.2 Å². The molecule has 1 aliphatic carbocycles. The zero-order valence-corrected chi connectivity index (χ0v) is 17.8. The number of benzene rings is 2. The highest BCUT2D eigenvalue weighted by molar-refractivity contribution is 5.98. The number of ketones is 1. The van der Waals surface area contributed by atoms with Crippen molar-refractivity contribution in [1.29, 1.82) is 0 Å². The molecule has 0 N–H and O–H groups in total. The van der Waals surface area contributed by atoms with Gasteiger partial charge in [-0.25, -0.2) is 0 Å². The van der Waals surface area contributed by atoms with Gasteiger partial charge in [-0.05, 0) is 43.4 Å². The van der Waals surface area contributed by atoms with Crippen LogP contribution in [-0.2, 0) is 10.2 Å². The summed E-state index contributed by atoms with van der Waals surface area (Å²) in [5.74, 6) is 1.92. The first-order chi connectivity index (χ1) is 15.2. The molecule has 5 heteroatoms. The van der Waals surface area contributed by atoms with E-state index in [0.717, 1.165) is 61.2 Å². The van der Waals surface area contributed by atoms with Crippen LogP contribution in [0.4, 0.5) is 0 Å². The number of nitrogens with zero attached hydrogens (tertiary/aromatic N) is 1. The van der Waals surface area contributed by atoms with Gasteiger partial charge >= 0.3 is 0 Å². The summed E-state index contributed by atoms with van der Waals surface area (Å²) in [5, 5.41) is 0. The number of piperidine rings is 1. The highest BCUT2D eigenvalue weighted by atomic mass is 16.6. The predicted molar refractivity (Wildman–Crippen MR) is 118 cm³/mol. The lowest BCUT2D eigenvalue weighted by molar-refractivity contribution is -0.138. The number of likely N-dealkylation sites (tertiary alicyclic amines) is 1. The van der Waals surface area contributed by atoms with E-state index in [1.165, 1.54) is 0 Å². The number of Topliss-reactive ketones (excluding diaryl/α,β-unsaturated/α-hetero) is 1. The van der Waals surface area contributed by atoms with Crippen molar-refractivity contribution in [2.75, 3.05) is 26.3 Å². The number of carbonyl (C=O) groups is 2. The minimum absolute atomic E-state index is 0.000251. The molecule has 0 bridgehead atoms. The first-order valence-electron chi connectivity index (χ1n) is 11.5. The summed E-state index contributed by atoms with van der Waals surface area (Å²) in [7, 11) is 0. The Bertz CT molecular complexity index is 957. The molecule has 3 aliphatic rings. The zero-order valence-electron chi connectivity index (χ0n) is 17.8. The predicted octanol–water partition coefficient (Wildman–Crippen LogP) is 4.39. The van der Waals surface area contributed by atoms with Crippen molar-refractivity contribution in [1.82, 2.24) is 4.90 Å². The van der Waals surface area contributed by atoms with Crippen LogP contribution in [-0.4, -0.2) is 42.9 Å². The molecule has 5 rings (SSSR count). The highest BCUT2D eigenvalue weighted by Crippen LogP contribution is 2.46. The molecule has 0 unspecified atom stereocenters. The maximum absolute atomic E-state index is 13.8. The summed E-state index contributed by atoms with van der Waals surface area (Å²) in [6.45, 7) is 2.40. The van der Waals surface area contributed by atoms with Crippen LogP contribution < -0.4 is 9.47 Å². The van der Waals surface area contributed by atoms with Gasteiger partial charge in [0.05, 0.1) is 5.41 Å². The third-order valence-corrected chi connectivity index (χ3v) is 7.17. The molecule has 2 heterocycles. The monoisotopic (exact) mass is 419 g/mol.